The summed E-state index contributed by atoms with van der Waals surface area (Å²) in [4.78, 5) is 0. The van der Waals surface area contributed by atoms with Gasteiger partial charge in [0, 0.05) is 6.04 Å². The normalized spacial score (nSPS) is 39.8. The van der Waals surface area contributed by atoms with Crippen molar-refractivity contribution in [3.63, 3.8) is 0 Å². The number of hydrogen-bond donors (Lipinski definition) is 1. The van der Waals surface area contributed by atoms with E-state index in [2.05, 4.69) is 39.9 Å². The molecule has 0 spiro atoms. The molecule has 0 aromatic carbocycles. The fourth-order valence-corrected chi connectivity index (χ4v) is 3.09. The van der Waals surface area contributed by atoms with Crippen molar-refractivity contribution in [2.75, 3.05) is 6.54 Å². The van der Waals surface area contributed by atoms with E-state index in [0.717, 1.165) is 30.2 Å². The molecule has 4 unspecified atom stereocenters. The molecule has 1 fully saturated rings. The highest BCUT2D eigenvalue weighted by Gasteiger charge is 2.30. The van der Waals surface area contributed by atoms with Crippen LogP contribution in [0, 0.1) is 23.7 Å². The Hall–Kier alpha value is -0.0400. The molecule has 90 valence electrons. The van der Waals surface area contributed by atoms with E-state index < -0.39 is 0 Å². The quantitative estimate of drug-likeness (QED) is 0.702. The van der Waals surface area contributed by atoms with E-state index in [1.807, 2.05) is 0 Å². The van der Waals surface area contributed by atoms with Gasteiger partial charge >= 0.3 is 0 Å². The molecule has 0 aliphatic heterocycles. The third-order valence-corrected chi connectivity index (χ3v) is 4.59. The number of nitrogens with one attached hydrogen (secondary N) is 1. The molecule has 1 aliphatic rings. The zero-order valence-corrected chi connectivity index (χ0v) is 11.2. The van der Waals surface area contributed by atoms with Crippen molar-refractivity contribution in [3.8, 4) is 0 Å². The minimum absolute atomic E-state index is 0.692. The van der Waals surface area contributed by atoms with Crippen molar-refractivity contribution in [2.24, 2.45) is 23.7 Å². The van der Waals surface area contributed by atoms with Crippen LogP contribution in [0.15, 0.2) is 0 Å². The van der Waals surface area contributed by atoms with Crippen molar-refractivity contribution in [2.45, 2.75) is 59.9 Å². The molecule has 1 N–H and O–H groups in total. The molecular formula is C14H29N. The first kappa shape index (κ1) is 13.0. The van der Waals surface area contributed by atoms with Crippen molar-refractivity contribution < 1.29 is 0 Å². The molecule has 0 heterocycles. The van der Waals surface area contributed by atoms with Gasteiger partial charge in [0.2, 0.25) is 0 Å². The van der Waals surface area contributed by atoms with Crippen LogP contribution in [0.1, 0.15) is 53.9 Å². The first-order chi connectivity index (χ1) is 7.06. The summed E-state index contributed by atoms with van der Waals surface area (Å²) in [6.45, 7) is 13.0. The van der Waals surface area contributed by atoms with Crippen molar-refractivity contribution in [1.29, 1.82) is 0 Å². The fraction of sp³-hybridized carbons (Fsp3) is 1.00. The maximum atomic E-state index is 3.61. The lowest BCUT2D eigenvalue weighted by molar-refractivity contribution is 0.238. The van der Waals surface area contributed by atoms with Gasteiger partial charge in [0.15, 0.2) is 0 Å². The van der Waals surface area contributed by atoms with E-state index in [9.17, 15) is 0 Å². The highest BCUT2D eigenvalue weighted by Crippen LogP contribution is 2.36. The lowest BCUT2D eigenvalue weighted by Crippen LogP contribution is -2.37. The molecule has 0 aromatic heterocycles. The Morgan fingerprint density at radius 2 is 1.67 bits per heavy atom. The maximum absolute atomic E-state index is 3.61. The molecule has 1 heteroatoms. The van der Waals surface area contributed by atoms with Crippen LogP contribution in [0.3, 0.4) is 0 Å². The molecule has 1 rings (SSSR count). The van der Waals surface area contributed by atoms with Gasteiger partial charge in [-0.3, -0.25) is 0 Å². The summed E-state index contributed by atoms with van der Waals surface area (Å²) >= 11 is 0. The van der Waals surface area contributed by atoms with Crippen LogP contribution in [-0.4, -0.2) is 12.6 Å². The second-order valence-corrected chi connectivity index (χ2v) is 5.76. The van der Waals surface area contributed by atoms with Crippen LogP contribution in [0.25, 0.3) is 0 Å². The Balaban J connectivity index is 2.60. The van der Waals surface area contributed by atoms with E-state index >= 15 is 0 Å². The summed E-state index contributed by atoms with van der Waals surface area (Å²) in [5.74, 6) is 3.60. The van der Waals surface area contributed by atoms with E-state index in [1.165, 1.54) is 19.3 Å². The maximum Gasteiger partial charge on any atom is 0.00695 e. The number of rotatable bonds is 3. The molecule has 15 heavy (non-hydrogen) atoms. The predicted octanol–water partition coefficient (Wildman–Crippen LogP) is 3.69. The van der Waals surface area contributed by atoms with E-state index in [1.54, 1.807) is 0 Å². The van der Waals surface area contributed by atoms with Crippen molar-refractivity contribution in [3.05, 3.63) is 0 Å². The Labute approximate surface area is 96.0 Å². The van der Waals surface area contributed by atoms with Crippen LogP contribution in [-0.2, 0) is 0 Å². The Kier molecular flexibility index (Phi) is 5.11. The first-order valence-corrected chi connectivity index (χ1v) is 6.79. The van der Waals surface area contributed by atoms with Crippen LogP contribution in [0.5, 0.6) is 0 Å². The van der Waals surface area contributed by atoms with Gasteiger partial charge < -0.3 is 5.32 Å². The minimum Gasteiger partial charge on any atom is -0.314 e. The van der Waals surface area contributed by atoms with E-state index in [0.29, 0.717) is 6.04 Å². The lowest BCUT2D eigenvalue weighted by atomic mass is 9.81. The summed E-state index contributed by atoms with van der Waals surface area (Å²) in [7, 11) is 0. The molecule has 0 bridgehead atoms. The van der Waals surface area contributed by atoms with Gasteiger partial charge in [0.25, 0.3) is 0 Å². The largest absolute Gasteiger partial charge is 0.314 e. The second-order valence-electron chi connectivity index (χ2n) is 5.76. The van der Waals surface area contributed by atoms with Crippen molar-refractivity contribution >= 4 is 0 Å². The molecule has 1 aliphatic carbocycles. The van der Waals surface area contributed by atoms with Crippen LogP contribution < -0.4 is 5.32 Å². The number of hydrogen-bond acceptors (Lipinski definition) is 1. The minimum atomic E-state index is 0.692. The zero-order valence-electron chi connectivity index (χ0n) is 11.2. The summed E-state index contributed by atoms with van der Waals surface area (Å²) in [5.41, 5.74) is 0. The van der Waals surface area contributed by atoms with Crippen molar-refractivity contribution in [1.82, 2.24) is 5.32 Å². The fourth-order valence-electron chi connectivity index (χ4n) is 3.09. The Bertz CT molecular complexity index is 174. The third kappa shape index (κ3) is 3.48. The van der Waals surface area contributed by atoms with E-state index in [4.69, 9.17) is 0 Å². The predicted molar refractivity (Wildman–Crippen MR) is 68.0 cm³/mol. The molecular weight excluding hydrogens is 182 g/mol. The van der Waals surface area contributed by atoms with E-state index in [-0.39, 0.29) is 0 Å². The first-order valence-electron chi connectivity index (χ1n) is 6.79. The van der Waals surface area contributed by atoms with Crippen LogP contribution in [0.2, 0.25) is 0 Å². The van der Waals surface area contributed by atoms with Crippen LogP contribution in [0.4, 0.5) is 0 Å². The highest BCUT2D eigenvalue weighted by atomic mass is 14.9. The Morgan fingerprint density at radius 3 is 2.27 bits per heavy atom. The van der Waals surface area contributed by atoms with Gasteiger partial charge in [0.05, 0.1) is 0 Å². The average Bonchev–Trinajstić information content (AvgIpc) is 2.32. The van der Waals surface area contributed by atoms with Gasteiger partial charge in [-0.2, -0.15) is 0 Å². The van der Waals surface area contributed by atoms with Crippen LogP contribution >= 0.6 is 0 Å². The highest BCUT2D eigenvalue weighted by molar-refractivity contribution is 4.83. The summed E-state index contributed by atoms with van der Waals surface area (Å²) < 4.78 is 0. The summed E-state index contributed by atoms with van der Waals surface area (Å²) in [6, 6.07) is 0.692. The molecule has 0 aromatic rings. The molecule has 0 saturated heterocycles. The van der Waals surface area contributed by atoms with Gasteiger partial charge in [-0.25, -0.2) is 0 Å². The second kappa shape index (κ2) is 5.89. The molecule has 0 amide bonds. The molecule has 0 radical (unpaired) electrons. The summed E-state index contributed by atoms with van der Waals surface area (Å²) in [6.07, 6.45) is 4.26. The third-order valence-electron chi connectivity index (χ3n) is 4.59. The van der Waals surface area contributed by atoms with Gasteiger partial charge in [-0.1, -0.05) is 40.5 Å². The standard InChI is InChI=1S/C14H29N/c1-6-15-13(5)14-9-12(4)10(2)7-8-11(14)3/h10-15H,6-9H2,1-5H3/t10?,11?,12?,13-,14?/m1/s1. The molecule has 1 nitrogen and oxygen atoms in total. The average molecular weight is 211 g/mol. The smallest absolute Gasteiger partial charge is 0.00695 e. The molecule has 1 saturated carbocycles. The van der Waals surface area contributed by atoms with Gasteiger partial charge in [-0.15, -0.1) is 0 Å². The van der Waals surface area contributed by atoms with Gasteiger partial charge in [0.1, 0.15) is 0 Å². The summed E-state index contributed by atoms with van der Waals surface area (Å²) in [5, 5.41) is 3.61. The molecule has 5 atom stereocenters. The van der Waals surface area contributed by atoms with Gasteiger partial charge in [-0.05, 0) is 43.6 Å². The SMILES string of the molecule is CCN[C@H](C)C1CC(C)C(C)CCC1C. The monoisotopic (exact) mass is 211 g/mol. The zero-order chi connectivity index (χ0) is 11.4. The Morgan fingerprint density at radius 1 is 1.07 bits per heavy atom. The lowest BCUT2D eigenvalue weighted by Gasteiger charge is -2.30. The topological polar surface area (TPSA) is 12.0 Å².